The van der Waals surface area contributed by atoms with E-state index in [0.717, 1.165) is 71.3 Å². The van der Waals surface area contributed by atoms with Crippen molar-refractivity contribution in [3.63, 3.8) is 0 Å². The molecule has 20 heavy (non-hydrogen) atoms. The molecule has 3 rings (SSSR count). The average Bonchev–Trinajstić information content (AvgIpc) is 2.48. The second-order valence-electron chi connectivity index (χ2n) is 6.38. The highest BCUT2D eigenvalue weighted by Gasteiger charge is 2.43. The lowest BCUT2D eigenvalue weighted by atomic mass is 9.82. The van der Waals surface area contributed by atoms with Gasteiger partial charge in [0.15, 0.2) is 0 Å². The Balaban J connectivity index is 1.70. The molecule has 0 aromatic rings. The zero-order valence-corrected chi connectivity index (χ0v) is 12.1. The number of aliphatic carboxylic acids is 1. The van der Waals surface area contributed by atoms with Gasteiger partial charge < -0.3 is 14.6 Å². The summed E-state index contributed by atoms with van der Waals surface area (Å²) < 4.78 is 11.5. The second-order valence-corrected chi connectivity index (χ2v) is 6.38. The average molecular weight is 283 g/mol. The monoisotopic (exact) mass is 283 g/mol. The summed E-state index contributed by atoms with van der Waals surface area (Å²) in [6.45, 7) is 3.23. The maximum Gasteiger partial charge on any atom is 0.320 e. The number of hydrogen-bond acceptors (Lipinski definition) is 4. The standard InChI is InChI=1S/C15H25NO4/c17-14(18)13-3-1-2-7-16(13)12-4-8-20-15(11-12)5-9-19-10-6-15/h12-13H,1-11H2,(H,17,18). The summed E-state index contributed by atoms with van der Waals surface area (Å²) in [6.07, 6.45) is 6.80. The minimum absolute atomic E-state index is 0.0539. The van der Waals surface area contributed by atoms with Gasteiger partial charge in [0, 0.05) is 25.9 Å². The Morgan fingerprint density at radius 2 is 1.95 bits per heavy atom. The molecule has 1 N–H and O–H groups in total. The van der Waals surface area contributed by atoms with Crippen LogP contribution in [0, 0.1) is 0 Å². The number of carboxylic acids is 1. The highest BCUT2D eigenvalue weighted by atomic mass is 16.5. The van der Waals surface area contributed by atoms with Crippen LogP contribution in [0.15, 0.2) is 0 Å². The van der Waals surface area contributed by atoms with Gasteiger partial charge >= 0.3 is 5.97 Å². The third kappa shape index (κ3) is 2.85. The highest BCUT2D eigenvalue weighted by Crippen LogP contribution is 2.37. The van der Waals surface area contributed by atoms with Crippen LogP contribution in [0.1, 0.15) is 44.9 Å². The van der Waals surface area contributed by atoms with Crippen molar-refractivity contribution in [3.8, 4) is 0 Å². The molecule has 0 aromatic carbocycles. The fourth-order valence-electron chi connectivity index (χ4n) is 4.03. The summed E-state index contributed by atoms with van der Waals surface area (Å²) in [5.74, 6) is -0.655. The first-order chi connectivity index (χ1) is 9.70. The van der Waals surface area contributed by atoms with Gasteiger partial charge in [0.2, 0.25) is 0 Å². The van der Waals surface area contributed by atoms with Crippen LogP contribution in [0.4, 0.5) is 0 Å². The van der Waals surface area contributed by atoms with Crippen LogP contribution < -0.4 is 0 Å². The Morgan fingerprint density at radius 1 is 1.15 bits per heavy atom. The van der Waals surface area contributed by atoms with Crippen LogP contribution in [-0.2, 0) is 14.3 Å². The van der Waals surface area contributed by atoms with E-state index in [4.69, 9.17) is 9.47 Å². The largest absolute Gasteiger partial charge is 0.480 e. The van der Waals surface area contributed by atoms with Crippen molar-refractivity contribution in [1.82, 2.24) is 4.90 Å². The Hall–Kier alpha value is -0.650. The Bertz CT molecular complexity index is 348. The molecule has 0 radical (unpaired) electrons. The maximum absolute atomic E-state index is 11.5. The molecule has 3 aliphatic heterocycles. The van der Waals surface area contributed by atoms with E-state index in [1.165, 1.54) is 0 Å². The van der Waals surface area contributed by atoms with E-state index in [-0.39, 0.29) is 11.6 Å². The van der Waals surface area contributed by atoms with Crippen LogP contribution in [0.5, 0.6) is 0 Å². The van der Waals surface area contributed by atoms with Gasteiger partial charge in [-0.3, -0.25) is 9.69 Å². The molecule has 0 aliphatic carbocycles. The molecule has 0 bridgehead atoms. The van der Waals surface area contributed by atoms with Crippen LogP contribution in [0.3, 0.4) is 0 Å². The number of nitrogens with zero attached hydrogens (tertiary/aromatic N) is 1. The third-order valence-corrected chi connectivity index (χ3v) is 5.17. The van der Waals surface area contributed by atoms with Crippen LogP contribution in [-0.4, -0.2) is 60.0 Å². The van der Waals surface area contributed by atoms with E-state index in [1.54, 1.807) is 0 Å². The molecule has 5 nitrogen and oxygen atoms in total. The molecule has 1 spiro atoms. The van der Waals surface area contributed by atoms with Crippen molar-refractivity contribution in [1.29, 1.82) is 0 Å². The van der Waals surface area contributed by atoms with Gasteiger partial charge in [0.25, 0.3) is 0 Å². The minimum Gasteiger partial charge on any atom is -0.480 e. The third-order valence-electron chi connectivity index (χ3n) is 5.17. The maximum atomic E-state index is 11.5. The number of likely N-dealkylation sites (tertiary alicyclic amines) is 1. The minimum atomic E-state index is -0.655. The van der Waals surface area contributed by atoms with E-state index in [1.807, 2.05) is 0 Å². The zero-order chi connectivity index (χ0) is 14.0. The van der Waals surface area contributed by atoms with E-state index >= 15 is 0 Å². The Labute approximate surface area is 120 Å². The molecule has 0 saturated carbocycles. The summed E-state index contributed by atoms with van der Waals surface area (Å²) in [7, 11) is 0. The lowest BCUT2D eigenvalue weighted by Crippen LogP contribution is -2.56. The lowest BCUT2D eigenvalue weighted by molar-refractivity contribution is -0.164. The molecule has 3 aliphatic rings. The normalized spacial score (nSPS) is 35.0. The molecule has 114 valence electrons. The lowest BCUT2D eigenvalue weighted by Gasteiger charge is -2.48. The number of carbonyl (C=O) groups is 1. The van der Waals surface area contributed by atoms with Crippen molar-refractivity contribution in [2.75, 3.05) is 26.4 Å². The van der Waals surface area contributed by atoms with Crippen LogP contribution >= 0.6 is 0 Å². The number of piperidine rings is 1. The van der Waals surface area contributed by atoms with Crippen molar-refractivity contribution >= 4 is 5.97 Å². The predicted octanol–water partition coefficient (Wildman–Crippen LogP) is 1.65. The zero-order valence-electron chi connectivity index (χ0n) is 12.1. The molecule has 2 unspecified atom stereocenters. The van der Waals surface area contributed by atoms with Gasteiger partial charge in [-0.1, -0.05) is 6.42 Å². The van der Waals surface area contributed by atoms with Crippen molar-refractivity contribution in [3.05, 3.63) is 0 Å². The molecule has 2 atom stereocenters. The van der Waals surface area contributed by atoms with E-state index in [9.17, 15) is 9.90 Å². The van der Waals surface area contributed by atoms with Crippen molar-refractivity contribution < 1.29 is 19.4 Å². The highest BCUT2D eigenvalue weighted by molar-refractivity contribution is 5.73. The number of hydrogen-bond donors (Lipinski definition) is 1. The van der Waals surface area contributed by atoms with Crippen molar-refractivity contribution in [2.45, 2.75) is 62.6 Å². The van der Waals surface area contributed by atoms with Gasteiger partial charge in [-0.15, -0.1) is 0 Å². The first-order valence-corrected chi connectivity index (χ1v) is 7.90. The van der Waals surface area contributed by atoms with Crippen LogP contribution in [0.25, 0.3) is 0 Å². The summed E-state index contributed by atoms with van der Waals surface area (Å²) in [5.41, 5.74) is -0.0539. The van der Waals surface area contributed by atoms with Crippen LogP contribution in [0.2, 0.25) is 0 Å². The molecule has 3 heterocycles. The molecular formula is C15H25NO4. The van der Waals surface area contributed by atoms with Gasteiger partial charge in [-0.25, -0.2) is 0 Å². The summed E-state index contributed by atoms with van der Waals surface area (Å²) in [5, 5.41) is 9.45. The Morgan fingerprint density at radius 3 is 2.70 bits per heavy atom. The topological polar surface area (TPSA) is 59.0 Å². The molecule has 5 heteroatoms. The summed E-state index contributed by atoms with van der Waals surface area (Å²) in [6, 6.07) is 0.0759. The van der Waals surface area contributed by atoms with Gasteiger partial charge in [0.05, 0.1) is 5.60 Å². The number of ether oxygens (including phenoxy) is 2. The number of rotatable bonds is 2. The first kappa shape index (κ1) is 14.3. The number of carboxylic acid groups (broad SMARTS) is 1. The van der Waals surface area contributed by atoms with E-state index < -0.39 is 5.97 Å². The smallest absolute Gasteiger partial charge is 0.320 e. The SMILES string of the molecule is O=C(O)C1CCCCN1C1CCOC2(CCOCC2)C1. The van der Waals surface area contributed by atoms with E-state index in [2.05, 4.69) is 4.90 Å². The van der Waals surface area contributed by atoms with Crippen molar-refractivity contribution in [2.24, 2.45) is 0 Å². The fraction of sp³-hybridized carbons (Fsp3) is 0.933. The molecular weight excluding hydrogens is 258 g/mol. The predicted molar refractivity (Wildman–Crippen MR) is 73.7 cm³/mol. The quantitative estimate of drug-likeness (QED) is 0.835. The van der Waals surface area contributed by atoms with Gasteiger partial charge in [-0.05, 0) is 45.1 Å². The molecule has 3 saturated heterocycles. The molecule has 0 aromatic heterocycles. The van der Waals surface area contributed by atoms with E-state index in [0.29, 0.717) is 6.04 Å². The summed E-state index contributed by atoms with van der Waals surface area (Å²) in [4.78, 5) is 13.7. The summed E-state index contributed by atoms with van der Waals surface area (Å²) >= 11 is 0. The first-order valence-electron chi connectivity index (χ1n) is 7.90. The molecule has 3 fully saturated rings. The fourth-order valence-corrected chi connectivity index (χ4v) is 4.03. The van der Waals surface area contributed by atoms with Gasteiger partial charge in [0.1, 0.15) is 6.04 Å². The second kappa shape index (κ2) is 6.00. The Kier molecular flexibility index (Phi) is 4.29. The molecule has 0 amide bonds. The van der Waals surface area contributed by atoms with Gasteiger partial charge in [-0.2, -0.15) is 0 Å².